The summed E-state index contributed by atoms with van der Waals surface area (Å²) in [6.07, 6.45) is 19.0. The predicted octanol–water partition coefficient (Wildman–Crippen LogP) is 2.74. The SMILES string of the molecule is C/C(=C/[C]1[CH][CH][CH][CH]1)[C]1[CH][CH][CH][CH]1. The first kappa shape index (κ1) is 9.30. The highest BCUT2D eigenvalue weighted by molar-refractivity contribution is 5.52. The monoisotopic (exact) mass is 168 g/mol. The van der Waals surface area contributed by atoms with Crippen LogP contribution in [0.4, 0.5) is 0 Å². The first-order valence-corrected chi connectivity index (χ1v) is 4.48. The minimum Gasteiger partial charge on any atom is -0.0773 e. The van der Waals surface area contributed by atoms with Gasteiger partial charge in [0.1, 0.15) is 0 Å². The molecule has 13 heavy (non-hydrogen) atoms. The summed E-state index contributed by atoms with van der Waals surface area (Å²) in [4.78, 5) is 0. The van der Waals surface area contributed by atoms with Crippen LogP contribution in [0.5, 0.6) is 0 Å². The van der Waals surface area contributed by atoms with Crippen molar-refractivity contribution in [2.75, 3.05) is 0 Å². The fourth-order valence-corrected chi connectivity index (χ4v) is 1.46. The molecule has 0 heterocycles. The summed E-state index contributed by atoms with van der Waals surface area (Å²) in [6.45, 7) is 2.14. The molecule has 0 saturated heterocycles. The third kappa shape index (κ3) is 2.36. The van der Waals surface area contributed by atoms with Gasteiger partial charge in [0.05, 0.1) is 0 Å². The highest BCUT2D eigenvalue weighted by atomic mass is 14.2. The standard InChI is InChI=1S/C13H12/c1-11(13-8-4-5-9-13)10-12-6-2-3-7-12/h2-10H,1H3/b11-10-. The van der Waals surface area contributed by atoms with Crippen LogP contribution in [0.25, 0.3) is 0 Å². The van der Waals surface area contributed by atoms with Crippen LogP contribution in [-0.2, 0) is 0 Å². The average molecular weight is 168 g/mol. The van der Waals surface area contributed by atoms with Crippen LogP contribution in [0, 0.1) is 63.2 Å². The number of allylic oxidation sites excluding steroid dienone is 2. The number of rotatable bonds is 2. The van der Waals surface area contributed by atoms with Gasteiger partial charge in [-0.05, 0) is 58.3 Å². The normalized spacial score (nSPS) is 27.3. The Morgan fingerprint density at radius 1 is 0.923 bits per heavy atom. The van der Waals surface area contributed by atoms with E-state index in [0.29, 0.717) is 0 Å². The molecule has 64 valence electrons. The van der Waals surface area contributed by atoms with Gasteiger partial charge in [0.15, 0.2) is 0 Å². The topological polar surface area (TPSA) is 0 Å². The summed E-state index contributed by atoms with van der Waals surface area (Å²) in [7, 11) is 0. The molecule has 2 saturated carbocycles. The molecule has 0 N–H and O–H groups in total. The zero-order chi connectivity index (χ0) is 9.10. The van der Waals surface area contributed by atoms with Gasteiger partial charge in [0.25, 0.3) is 0 Å². The van der Waals surface area contributed by atoms with Crippen LogP contribution >= 0.6 is 0 Å². The number of hydrogen-bond acceptors (Lipinski definition) is 0. The van der Waals surface area contributed by atoms with Gasteiger partial charge in [-0.25, -0.2) is 0 Å². The van der Waals surface area contributed by atoms with E-state index in [0.717, 1.165) is 0 Å². The molecule has 0 aromatic rings. The molecule has 0 unspecified atom stereocenters. The Morgan fingerprint density at radius 2 is 1.46 bits per heavy atom. The van der Waals surface area contributed by atoms with Crippen molar-refractivity contribution in [3.8, 4) is 0 Å². The Morgan fingerprint density at radius 3 is 2.08 bits per heavy atom. The van der Waals surface area contributed by atoms with E-state index in [4.69, 9.17) is 0 Å². The van der Waals surface area contributed by atoms with Crippen molar-refractivity contribution < 1.29 is 0 Å². The molecule has 0 heteroatoms. The number of hydrogen-bond donors (Lipinski definition) is 0. The van der Waals surface area contributed by atoms with Crippen LogP contribution in [0.3, 0.4) is 0 Å². The Labute approximate surface area is 82.4 Å². The van der Waals surface area contributed by atoms with E-state index in [1.54, 1.807) is 0 Å². The van der Waals surface area contributed by atoms with Gasteiger partial charge in [-0.2, -0.15) is 0 Å². The molecule has 2 rings (SSSR count). The largest absolute Gasteiger partial charge is 0.0773 e. The molecule has 0 aromatic carbocycles. The lowest BCUT2D eigenvalue weighted by atomic mass is 9.94. The maximum atomic E-state index is 2.20. The maximum Gasteiger partial charge on any atom is 0.00768 e. The molecule has 0 aliphatic heterocycles. The second kappa shape index (κ2) is 4.30. The summed E-state index contributed by atoms with van der Waals surface area (Å²) in [6, 6.07) is 0. The van der Waals surface area contributed by atoms with Crippen LogP contribution in [-0.4, -0.2) is 0 Å². The molecule has 2 aliphatic carbocycles. The van der Waals surface area contributed by atoms with Crippen molar-refractivity contribution in [3.05, 3.63) is 74.9 Å². The van der Waals surface area contributed by atoms with Gasteiger partial charge >= 0.3 is 0 Å². The molecule has 2 fully saturated rings. The lowest BCUT2D eigenvalue weighted by molar-refractivity contribution is 1.20. The van der Waals surface area contributed by atoms with Gasteiger partial charge < -0.3 is 0 Å². The van der Waals surface area contributed by atoms with Gasteiger partial charge in [-0.15, -0.1) is 0 Å². The molecular formula is C13H12. The van der Waals surface area contributed by atoms with E-state index >= 15 is 0 Å². The average Bonchev–Trinajstić information content (AvgIpc) is 2.74. The van der Waals surface area contributed by atoms with Crippen LogP contribution in [0.15, 0.2) is 11.6 Å². The zero-order valence-electron chi connectivity index (χ0n) is 7.70. The molecular weight excluding hydrogens is 156 g/mol. The van der Waals surface area contributed by atoms with Gasteiger partial charge in [0, 0.05) is 11.8 Å². The summed E-state index contributed by atoms with van der Waals surface area (Å²) in [5, 5.41) is 0. The smallest absolute Gasteiger partial charge is 0.00768 e. The van der Waals surface area contributed by atoms with E-state index < -0.39 is 0 Å². The molecule has 0 atom stereocenters. The van der Waals surface area contributed by atoms with E-state index in [-0.39, 0.29) is 0 Å². The van der Waals surface area contributed by atoms with Crippen molar-refractivity contribution in [2.45, 2.75) is 6.92 Å². The predicted molar refractivity (Wildman–Crippen MR) is 54.6 cm³/mol. The summed E-state index contributed by atoms with van der Waals surface area (Å²) < 4.78 is 0. The molecule has 0 spiro atoms. The molecule has 0 bridgehead atoms. The molecule has 0 aromatic heterocycles. The van der Waals surface area contributed by atoms with Crippen molar-refractivity contribution in [1.82, 2.24) is 0 Å². The molecule has 10 radical (unpaired) electrons. The third-order valence-corrected chi connectivity index (χ3v) is 2.19. The Kier molecular flexibility index (Phi) is 3.08. The first-order valence-electron chi connectivity index (χ1n) is 4.48. The fraction of sp³-hybridized carbons (Fsp3) is 0.0769. The summed E-state index contributed by atoms with van der Waals surface area (Å²) >= 11 is 0. The van der Waals surface area contributed by atoms with E-state index in [1.165, 1.54) is 17.4 Å². The van der Waals surface area contributed by atoms with Crippen LogP contribution < -0.4 is 0 Å². The van der Waals surface area contributed by atoms with Gasteiger partial charge in [0.2, 0.25) is 0 Å². The summed E-state index contributed by atoms with van der Waals surface area (Å²) in [5.41, 5.74) is 1.32. The Bertz CT molecular complexity index is 178. The first-order chi connectivity index (χ1) is 6.36. The fourth-order valence-electron chi connectivity index (χ4n) is 1.46. The van der Waals surface area contributed by atoms with E-state index in [1.807, 2.05) is 0 Å². The lowest BCUT2D eigenvalue weighted by Crippen LogP contribution is -1.96. The highest BCUT2D eigenvalue weighted by Gasteiger charge is 2.21. The third-order valence-electron chi connectivity index (χ3n) is 2.19. The van der Waals surface area contributed by atoms with Crippen molar-refractivity contribution >= 4 is 0 Å². The lowest BCUT2D eigenvalue weighted by Gasteiger charge is -2.10. The van der Waals surface area contributed by atoms with Crippen molar-refractivity contribution in [3.63, 3.8) is 0 Å². The van der Waals surface area contributed by atoms with E-state index in [9.17, 15) is 0 Å². The Balaban J connectivity index is 1.89. The molecule has 0 nitrogen and oxygen atoms in total. The van der Waals surface area contributed by atoms with Crippen molar-refractivity contribution in [1.29, 1.82) is 0 Å². The zero-order valence-corrected chi connectivity index (χ0v) is 7.70. The van der Waals surface area contributed by atoms with E-state index in [2.05, 4.69) is 64.4 Å². The van der Waals surface area contributed by atoms with Crippen LogP contribution in [0.1, 0.15) is 6.92 Å². The molecule has 0 amide bonds. The Hall–Kier alpha value is -0.260. The molecule has 2 aliphatic rings. The second-order valence-corrected chi connectivity index (χ2v) is 3.22. The highest BCUT2D eigenvalue weighted by Crippen LogP contribution is 2.33. The minimum absolute atomic E-state index is 1.28. The van der Waals surface area contributed by atoms with Gasteiger partial charge in [-0.3, -0.25) is 0 Å². The summed E-state index contributed by atoms with van der Waals surface area (Å²) in [5.74, 6) is 2.58. The van der Waals surface area contributed by atoms with Crippen LogP contribution in [0.2, 0.25) is 0 Å². The van der Waals surface area contributed by atoms with Gasteiger partial charge in [-0.1, -0.05) is 11.6 Å². The quantitative estimate of drug-likeness (QED) is 0.594. The second-order valence-electron chi connectivity index (χ2n) is 3.22. The van der Waals surface area contributed by atoms with Crippen molar-refractivity contribution in [2.24, 2.45) is 0 Å². The maximum absolute atomic E-state index is 2.20. The minimum atomic E-state index is 1.28.